The quantitative estimate of drug-likeness (QED) is 0.798. The minimum absolute atomic E-state index is 0.0716. The van der Waals surface area contributed by atoms with Crippen LogP contribution in [0.15, 0.2) is 4.52 Å². The summed E-state index contributed by atoms with van der Waals surface area (Å²) in [5, 5.41) is 6.36. The summed E-state index contributed by atoms with van der Waals surface area (Å²) in [4.78, 5) is 3.89. The smallest absolute Gasteiger partial charge is 0.321 e. The molecule has 2 rings (SSSR count). The van der Waals surface area contributed by atoms with Gasteiger partial charge in [0.2, 0.25) is 5.92 Å². The fourth-order valence-electron chi connectivity index (χ4n) is 1.60. The number of rotatable bonds is 2. The van der Waals surface area contributed by atoms with Crippen LogP contribution in [-0.2, 0) is 0 Å². The highest BCUT2D eigenvalue weighted by atomic mass is 19.3. The molecule has 1 atom stereocenters. The van der Waals surface area contributed by atoms with Gasteiger partial charge in [-0.15, -0.1) is 0 Å². The summed E-state index contributed by atoms with van der Waals surface area (Å²) in [7, 11) is 0. The van der Waals surface area contributed by atoms with E-state index >= 15 is 0 Å². The first kappa shape index (κ1) is 9.36. The van der Waals surface area contributed by atoms with Gasteiger partial charge in [-0.05, 0) is 13.3 Å². The maximum atomic E-state index is 12.8. The zero-order valence-electron chi connectivity index (χ0n) is 7.76. The topological polar surface area (TPSA) is 51.0 Å². The molecule has 6 heteroatoms. The molecule has 0 aromatic carbocycles. The van der Waals surface area contributed by atoms with Crippen LogP contribution in [0.2, 0.25) is 0 Å². The van der Waals surface area contributed by atoms with E-state index in [-0.39, 0.29) is 24.9 Å². The Hall–Kier alpha value is -1.20. The van der Waals surface area contributed by atoms with Crippen LogP contribution in [0.1, 0.15) is 25.1 Å². The number of hydrogen-bond donors (Lipinski definition) is 1. The summed E-state index contributed by atoms with van der Waals surface area (Å²) >= 11 is 0. The molecule has 0 aliphatic heterocycles. The molecule has 0 saturated heterocycles. The van der Waals surface area contributed by atoms with Crippen molar-refractivity contribution in [3.63, 3.8) is 0 Å². The van der Waals surface area contributed by atoms with E-state index in [0.29, 0.717) is 12.2 Å². The molecular formula is C8H11F2N3O. The lowest BCUT2D eigenvalue weighted by Crippen LogP contribution is -2.19. The molecule has 1 heterocycles. The van der Waals surface area contributed by atoms with Crippen LogP contribution < -0.4 is 5.32 Å². The molecule has 78 valence electrons. The third-order valence-corrected chi connectivity index (χ3v) is 2.26. The number of aryl methyl sites for hydroxylation is 1. The standard InChI is InChI=1S/C8H11F2N3O/c1-5-11-7(14-13-5)12-6-2-3-8(9,10)4-6/h6H,2-4H2,1H3,(H,11,12,13). The molecular weight excluding hydrogens is 192 g/mol. The van der Waals surface area contributed by atoms with Crippen LogP contribution in [0.3, 0.4) is 0 Å². The highest BCUT2D eigenvalue weighted by Gasteiger charge is 2.39. The largest absolute Gasteiger partial charge is 0.335 e. The van der Waals surface area contributed by atoms with Gasteiger partial charge in [0.1, 0.15) is 0 Å². The Morgan fingerprint density at radius 1 is 1.57 bits per heavy atom. The lowest BCUT2D eigenvalue weighted by atomic mass is 10.2. The van der Waals surface area contributed by atoms with Crippen molar-refractivity contribution in [1.82, 2.24) is 10.1 Å². The average Bonchev–Trinajstić information content (AvgIpc) is 2.59. The van der Waals surface area contributed by atoms with Gasteiger partial charge in [-0.2, -0.15) is 4.98 Å². The Labute approximate surface area is 79.7 Å². The van der Waals surface area contributed by atoms with Gasteiger partial charge < -0.3 is 9.84 Å². The first-order valence-corrected chi connectivity index (χ1v) is 4.50. The van der Waals surface area contributed by atoms with E-state index in [1.807, 2.05) is 0 Å². The van der Waals surface area contributed by atoms with Crippen LogP contribution in [0.25, 0.3) is 0 Å². The lowest BCUT2D eigenvalue weighted by molar-refractivity contribution is 0.00847. The number of halogens is 2. The van der Waals surface area contributed by atoms with Crippen LogP contribution in [0.5, 0.6) is 0 Å². The monoisotopic (exact) mass is 203 g/mol. The third kappa shape index (κ3) is 2.00. The molecule has 1 saturated carbocycles. The van der Waals surface area contributed by atoms with Crippen molar-refractivity contribution < 1.29 is 13.3 Å². The van der Waals surface area contributed by atoms with E-state index < -0.39 is 5.92 Å². The van der Waals surface area contributed by atoms with Crippen molar-refractivity contribution in [1.29, 1.82) is 0 Å². The van der Waals surface area contributed by atoms with Gasteiger partial charge in [0.05, 0.1) is 0 Å². The molecule has 1 fully saturated rings. The zero-order valence-corrected chi connectivity index (χ0v) is 7.76. The molecule has 0 bridgehead atoms. The SMILES string of the molecule is Cc1noc(NC2CCC(F)(F)C2)n1. The maximum absolute atomic E-state index is 12.8. The molecule has 0 amide bonds. The van der Waals surface area contributed by atoms with E-state index in [0.717, 1.165) is 0 Å². The molecule has 0 radical (unpaired) electrons. The predicted molar refractivity (Wildman–Crippen MR) is 45.2 cm³/mol. The summed E-state index contributed by atoms with van der Waals surface area (Å²) in [6, 6.07) is -0.0324. The van der Waals surface area contributed by atoms with E-state index in [4.69, 9.17) is 4.52 Å². The van der Waals surface area contributed by atoms with Crippen molar-refractivity contribution in [2.75, 3.05) is 5.32 Å². The van der Waals surface area contributed by atoms with E-state index in [1.54, 1.807) is 6.92 Å². The fourth-order valence-corrected chi connectivity index (χ4v) is 1.60. The second-order valence-corrected chi connectivity index (χ2v) is 3.59. The summed E-state index contributed by atoms with van der Waals surface area (Å²) in [5.74, 6) is -2.05. The summed E-state index contributed by atoms with van der Waals surface area (Å²) in [6.07, 6.45) is 0.209. The van der Waals surface area contributed by atoms with Gasteiger partial charge >= 0.3 is 6.01 Å². The summed E-state index contributed by atoms with van der Waals surface area (Å²) < 4.78 is 30.4. The van der Waals surface area contributed by atoms with E-state index in [9.17, 15) is 8.78 Å². The summed E-state index contributed by atoms with van der Waals surface area (Å²) in [5.41, 5.74) is 0. The molecule has 1 aliphatic rings. The molecule has 1 unspecified atom stereocenters. The van der Waals surface area contributed by atoms with Gasteiger partial charge in [-0.1, -0.05) is 5.16 Å². The molecule has 4 nitrogen and oxygen atoms in total. The van der Waals surface area contributed by atoms with Gasteiger partial charge in [0.15, 0.2) is 5.82 Å². The molecule has 1 N–H and O–H groups in total. The van der Waals surface area contributed by atoms with Crippen LogP contribution >= 0.6 is 0 Å². The first-order valence-electron chi connectivity index (χ1n) is 4.50. The minimum atomic E-state index is -2.55. The van der Waals surface area contributed by atoms with Gasteiger partial charge in [-0.3, -0.25) is 0 Å². The Kier molecular flexibility index (Phi) is 2.13. The van der Waals surface area contributed by atoms with Gasteiger partial charge in [0, 0.05) is 18.9 Å². The Balaban J connectivity index is 1.94. The fraction of sp³-hybridized carbons (Fsp3) is 0.750. The number of nitrogens with one attached hydrogen (secondary N) is 1. The number of alkyl halides is 2. The predicted octanol–water partition coefficient (Wildman–Crippen LogP) is 1.98. The van der Waals surface area contributed by atoms with Crippen LogP contribution in [-0.4, -0.2) is 22.1 Å². The molecule has 14 heavy (non-hydrogen) atoms. The number of aromatic nitrogens is 2. The molecule has 1 aromatic heterocycles. The second kappa shape index (κ2) is 3.18. The highest BCUT2D eigenvalue weighted by molar-refractivity contribution is 5.21. The lowest BCUT2D eigenvalue weighted by Gasteiger charge is -2.09. The Morgan fingerprint density at radius 2 is 2.36 bits per heavy atom. The molecule has 0 spiro atoms. The highest BCUT2D eigenvalue weighted by Crippen LogP contribution is 2.35. The molecule has 1 aromatic rings. The zero-order chi connectivity index (χ0) is 10.2. The number of hydrogen-bond acceptors (Lipinski definition) is 4. The van der Waals surface area contributed by atoms with Crippen LogP contribution in [0.4, 0.5) is 14.8 Å². The maximum Gasteiger partial charge on any atom is 0.321 e. The Morgan fingerprint density at radius 3 is 2.86 bits per heavy atom. The van der Waals surface area contributed by atoms with Crippen molar-refractivity contribution in [2.45, 2.75) is 38.2 Å². The van der Waals surface area contributed by atoms with Crippen LogP contribution in [0, 0.1) is 6.92 Å². The van der Waals surface area contributed by atoms with Gasteiger partial charge in [0.25, 0.3) is 0 Å². The van der Waals surface area contributed by atoms with E-state index in [2.05, 4.69) is 15.5 Å². The summed E-state index contributed by atoms with van der Waals surface area (Å²) in [6.45, 7) is 1.68. The van der Waals surface area contributed by atoms with Crippen molar-refractivity contribution in [2.24, 2.45) is 0 Å². The van der Waals surface area contributed by atoms with Crippen molar-refractivity contribution in [3.8, 4) is 0 Å². The van der Waals surface area contributed by atoms with Gasteiger partial charge in [-0.25, -0.2) is 8.78 Å². The normalized spacial score (nSPS) is 25.2. The van der Waals surface area contributed by atoms with Crippen molar-refractivity contribution >= 4 is 6.01 Å². The van der Waals surface area contributed by atoms with E-state index in [1.165, 1.54) is 0 Å². The molecule has 1 aliphatic carbocycles. The minimum Gasteiger partial charge on any atom is -0.335 e. The first-order chi connectivity index (χ1) is 6.55. The second-order valence-electron chi connectivity index (χ2n) is 3.59. The van der Waals surface area contributed by atoms with Crippen molar-refractivity contribution in [3.05, 3.63) is 5.82 Å². The third-order valence-electron chi connectivity index (χ3n) is 2.26. The average molecular weight is 203 g/mol. The number of nitrogens with zero attached hydrogens (tertiary/aromatic N) is 2. The Bertz CT molecular complexity index is 326. The number of anilines is 1.